The highest BCUT2D eigenvalue weighted by atomic mass is 16.7. The number of fused-ring (bicyclic) bond motifs is 2. The maximum atomic E-state index is 14.2. The van der Waals surface area contributed by atoms with Crippen molar-refractivity contribution in [1.29, 1.82) is 0 Å². The molecule has 1 saturated heterocycles. The normalized spacial score (nSPS) is 13.5. The van der Waals surface area contributed by atoms with E-state index in [0.29, 0.717) is 83.9 Å². The molecule has 2 aromatic heterocycles. The van der Waals surface area contributed by atoms with Gasteiger partial charge in [-0.2, -0.15) is 5.10 Å². The molecule has 274 valence electrons. The third kappa shape index (κ3) is 6.55. The molecular formula is C41H38N6O7. The average Bonchev–Trinajstić information content (AvgIpc) is 3.89. The molecule has 13 heteroatoms. The van der Waals surface area contributed by atoms with E-state index in [-0.39, 0.29) is 24.3 Å². The summed E-state index contributed by atoms with van der Waals surface area (Å²) in [6, 6.07) is 30.3. The van der Waals surface area contributed by atoms with Crippen LogP contribution in [0.15, 0.2) is 97.1 Å². The second kappa shape index (κ2) is 14.7. The van der Waals surface area contributed by atoms with Gasteiger partial charge < -0.3 is 38.8 Å². The van der Waals surface area contributed by atoms with E-state index in [1.165, 1.54) is 0 Å². The van der Waals surface area contributed by atoms with E-state index in [1.54, 1.807) is 41.7 Å². The van der Waals surface area contributed by atoms with Crippen molar-refractivity contribution < 1.29 is 33.3 Å². The second-order valence-electron chi connectivity index (χ2n) is 12.8. The van der Waals surface area contributed by atoms with Crippen LogP contribution in [0.25, 0.3) is 28.2 Å². The summed E-state index contributed by atoms with van der Waals surface area (Å²) in [6.07, 6.45) is 0. The molecule has 0 saturated carbocycles. The predicted octanol–water partition coefficient (Wildman–Crippen LogP) is 6.03. The zero-order valence-electron chi connectivity index (χ0n) is 30.1. The Morgan fingerprint density at radius 1 is 0.722 bits per heavy atom. The highest BCUT2D eigenvalue weighted by Gasteiger charge is 2.29. The number of ether oxygens (including phenoxy) is 5. The van der Waals surface area contributed by atoms with E-state index in [2.05, 4.69) is 5.32 Å². The number of benzene rings is 4. The van der Waals surface area contributed by atoms with E-state index in [1.807, 2.05) is 91.0 Å². The monoisotopic (exact) mass is 726 g/mol. The first-order valence-corrected chi connectivity index (χ1v) is 17.5. The molecule has 4 aromatic carbocycles. The number of amides is 2. The van der Waals surface area contributed by atoms with Crippen molar-refractivity contribution in [2.24, 2.45) is 0 Å². The van der Waals surface area contributed by atoms with E-state index in [4.69, 9.17) is 33.8 Å². The van der Waals surface area contributed by atoms with E-state index < -0.39 is 0 Å². The SMILES string of the molecule is COc1cc(-c2cc(C(=O)N3CCN(C(=O)c4ccccc4NCc4ccc5c(c4)OCO5)CC3)nc3cc(-c4ccccc4)nn23)cc(OC)c1OC. The van der Waals surface area contributed by atoms with Gasteiger partial charge in [-0.15, -0.1) is 0 Å². The fourth-order valence-corrected chi connectivity index (χ4v) is 6.79. The first-order valence-electron chi connectivity index (χ1n) is 17.5. The zero-order chi connectivity index (χ0) is 37.2. The topological polar surface area (TPSA) is 129 Å². The quantitative estimate of drug-likeness (QED) is 0.179. The van der Waals surface area contributed by atoms with Gasteiger partial charge in [-0.1, -0.05) is 48.5 Å². The van der Waals surface area contributed by atoms with Crippen LogP contribution in [0, 0.1) is 0 Å². The van der Waals surface area contributed by atoms with E-state index >= 15 is 0 Å². The molecule has 0 spiro atoms. The summed E-state index contributed by atoms with van der Waals surface area (Å²) in [5.41, 5.74) is 5.97. The molecule has 13 nitrogen and oxygen atoms in total. The number of hydrogen-bond donors (Lipinski definition) is 1. The number of carbonyl (C=O) groups is 2. The Morgan fingerprint density at radius 2 is 1.41 bits per heavy atom. The van der Waals surface area contributed by atoms with Gasteiger partial charge in [-0.3, -0.25) is 9.59 Å². The van der Waals surface area contributed by atoms with Crippen LogP contribution in [0.5, 0.6) is 28.7 Å². The molecule has 1 fully saturated rings. The minimum absolute atomic E-state index is 0.104. The van der Waals surface area contributed by atoms with Crippen LogP contribution in [0.2, 0.25) is 0 Å². The number of rotatable bonds is 10. The molecule has 1 N–H and O–H groups in total. The number of anilines is 1. The summed E-state index contributed by atoms with van der Waals surface area (Å²) in [5, 5.41) is 8.30. The van der Waals surface area contributed by atoms with Crippen molar-refractivity contribution in [3.05, 3.63) is 114 Å². The predicted molar refractivity (Wildman–Crippen MR) is 202 cm³/mol. The van der Waals surface area contributed by atoms with Gasteiger partial charge in [0, 0.05) is 55.6 Å². The summed E-state index contributed by atoms with van der Waals surface area (Å²) in [7, 11) is 4.66. The van der Waals surface area contributed by atoms with Crippen molar-refractivity contribution in [3.8, 4) is 51.3 Å². The number of nitrogens with zero attached hydrogens (tertiary/aromatic N) is 5. The maximum absolute atomic E-state index is 14.2. The van der Waals surface area contributed by atoms with Crippen LogP contribution in [-0.4, -0.2) is 90.5 Å². The summed E-state index contributed by atoms with van der Waals surface area (Å²) in [5.74, 6) is 2.46. The van der Waals surface area contributed by atoms with Crippen molar-refractivity contribution in [2.45, 2.75) is 6.54 Å². The summed E-state index contributed by atoms with van der Waals surface area (Å²) >= 11 is 0. The highest BCUT2D eigenvalue weighted by molar-refractivity contribution is 6.00. The van der Waals surface area contributed by atoms with Gasteiger partial charge in [-0.05, 0) is 48.0 Å². The number of carbonyl (C=O) groups excluding carboxylic acids is 2. The Bertz CT molecular complexity index is 2330. The standard InChI is InChI=1S/C41H38N6O7/c1-50-36-20-28(21-37(51-2)39(36)52-3)33-22-32(43-38-23-31(44-47(33)38)27-9-5-4-6-10-27)41(49)46-17-15-45(16-18-46)40(48)29-11-7-8-12-30(29)42-24-26-13-14-34-35(19-26)54-25-53-34/h4-14,19-23,42H,15-18,24-25H2,1-3H3. The molecule has 2 aliphatic rings. The van der Waals surface area contributed by atoms with Gasteiger partial charge in [0.15, 0.2) is 28.6 Å². The van der Waals surface area contributed by atoms with Crippen LogP contribution in [-0.2, 0) is 6.54 Å². The van der Waals surface area contributed by atoms with Crippen molar-refractivity contribution in [1.82, 2.24) is 24.4 Å². The lowest BCUT2D eigenvalue weighted by molar-refractivity contribution is 0.0533. The van der Waals surface area contributed by atoms with Gasteiger partial charge in [-0.25, -0.2) is 9.50 Å². The lowest BCUT2D eigenvalue weighted by atomic mass is 10.1. The van der Waals surface area contributed by atoms with Crippen LogP contribution < -0.4 is 29.0 Å². The third-order valence-electron chi connectivity index (χ3n) is 9.61. The highest BCUT2D eigenvalue weighted by Crippen LogP contribution is 2.41. The first kappa shape index (κ1) is 34.3. The van der Waals surface area contributed by atoms with Gasteiger partial charge in [0.05, 0.1) is 38.3 Å². The van der Waals surface area contributed by atoms with Gasteiger partial charge in [0.25, 0.3) is 11.8 Å². The number of nitrogens with one attached hydrogen (secondary N) is 1. The first-order chi connectivity index (χ1) is 26.4. The Labute approximate surface area is 311 Å². The number of para-hydroxylation sites is 1. The molecule has 0 aliphatic carbocycles. The second-order valence-corrected chi connectivity index (χ2v) is 12.8. The summed E-state index contributed by atoms with van der Waals surface area (Å²) in [4.78, 5) is 36.3. The number of hydrogen-bond acceptors (Lipinski definition) is 10. The van der Waals surface area contributed by atoms with Crippen LogP contribution in [0.1, 0.15) is 26.4 Å². The Hall–Kier alpha value is -6.76. The Balaban J connectivity index is 1.03. The molecule has 2 aliphatic heterocycles. The Morgan fingerprint density at radius 3 is 2.13 bits per heavy atom. The van der Waals surface area contributed by atoms with E-state index in [0.717, 1.165) is 22.6 Å². The molecule has 54 heavy (non-hydrogen) atoms. The molecule has 0 radical (unpaired) electrons. The molecule has 0 bridgehead atoms. The van der Waals surface area contributed by atoms with E-state index in [9.17, 15) is 9.59 Å². The molecule has 0 unspecified atom stereocenters. The zero-order valence-corrected chi connectivity index (χ0v) is 30.1. The molecule has 6 aromatic rings. The average molecular weight is 727 g/mol. The van der Waals surface area contributed by atoms with Crippen molar-refractivity contribution >= 4 is 23.1 Å². The molecule has 0 atom stereocenters. The van der Waals surface area contributed by atoms with Gasteiger partial charge >= 0.3 is 0 Å². The summed E-state index contributed by atoms with van der Waals surface area (Å²) in [6.45, 7) is 2.14. The van der Waals surface area contributed by atoms with Crippen LogP contribution in [0.4, 0.5) is 5.69 Å². The largest absolute Gasteiger partial charge is 0.493 e. The number of aromatic nitrogens is 3. The van der Waals surface area contributed by atoms with Crippen LogP contribution in [0.3, 0.4) is 0 Å². The number of piperazine rings is 1. The fourth-order valence-electron chi connectivity index (χ4n) is 6.79. The molecular weight excluding hydrogens is 688 g/mol. The molecule has 2 amide bonds. The van der Waals surface area contributed by atoms with Gasteiger partial charge in [0.2, 0.25) is 12.5 Å². The minimum Gasteiger partial charge on any atom is -0.493 e. The minimum atomic E-state index is -0.244. The van der Waals surface area contributed by atoms with Crippen molar-refractivity contribution in [2.75, 3.05) is 59.6 Å². The summed E-state index contributed by atoms with van der Waals surface area (Å²) < 4.78 is 29.5. The Kier molecular flexibility index (Phi) is 9.35. The smallest absolute Gasteiger partial charge is 0.272 e. The molecule has 8 rings (SSSR count). The lowest BCUT2D eigenvalue weighted by Gasteiger charge is -2.35. The fraction of sp³-hybridized carbons (Fsp3) is 0.220. The maximum Gasteiger partial charge on any atom is 0.272 e. The van der Waals surface area contributed by atoms with Crippen LogP contribution >= 0.6 is 0 Å². The van der Waals surface area contributed by atoms with Crippen molar-refractivity contribution in [3.63, 3.8) is 0 Å². The third-order valence-corrected chi connectivity index (χ3v) is 9.61. The van der Waals surface area contributed by atoms with Gasteiger partial charge in [0.1, 0.15) is 5.69 Å². The molecule has 4 heterocycles. The lowest BCUT2D eigenvalue weighted by Crippen LogP contribution is -2.50. The number of methoxy groups -OCH3 is 3.